The van der Waals surface area contributed by atoms with E-state index in [1.807, 2.05) is 0 Å². The first-order valence-corrected chi connectivity index (χ1v) is 11.2. The number of nitrogens with one attached hydrogen (secondary N) is 1. The normalized spacial score (nSPS) is 15.1. The average molecular weight is 495 g/mol. The zero-order valence-corrected chi connectivity index (χ0v) is 20.2. The van der Waals surface area contributed by atoms with E-state index < -0.39 is 12.3 Å². The molecule has 1 amide bonds. The molecule has 1 atom stereocenters. The molecule has 0 saturated carbocycles. The minimum absolute atomic E-state index is 0.0644. The SMILES string of the molecule is CO.COc1cc(NC(=O)C#Cc2ccc(C(F)F)cc2Cl)ccc1OCCN1CCCC1C. The van der Waals surface area contributed by atoms with Gasteiger partial charge in [0, 0.05) is 48.5 Å². The predicted octanol–water partition coefficient (Wildman–Crippen LogP) is 4.75. The van der Waals surface area contributed by atoms with Crippen LogP contribution in [-0.2, 0) is 4.79 Å². The lowest BCUT2D eigenvalue weighted by molar-refractivity contribution is -0.111. The molecule has 0 bridgehead atoms. The Kier molecular flexibility index (Phi) is 11.1. The van der Waals surface area contributed by atoms with E-state index in [1.165, 1.54) is 32.1 Å². The van der Waals surface area contributed by atoms with Gasteiger partial charge in [-0.15, -0.1) is 0 Å². The van der Waals surface area contributed by atoms with Crippen LogP contribution in [0, 0.1) is 11.8 Å². The summed E-state index contributed by atoms with van der Waals surface area (Å²) in [5.74, 6) is 5.52. The Balaban J connectivity index is 0.00000199. The van der Waals surface area contributed by atoms with Gasteiger partial charge < -0.3 is 19.9 Å². The molecule has 6 nitrogen and oxygen atoms in total. The molecule has 1 aliphatic rings. The number of hydrogen-bond acceptors (Lipinski definition) is 5. The Labute approximate surface area is 203 Å². The fourth-order valence-corrected chi connectivity index (χ4v) is 3.75. The van der Waals surface area contributed by atoms with Crippen molar-refractivity contribution in [2.24, 2.45) is 0 Å². The number of methoxy groups -OCH3 is 1. The molecule has 2 N–H and O–H groups in total. The third-order valence-electron chi connectivity index (χ3n) is 5.30. The van der Waals surface area contributed by atoms with E-state index in [9.17, 15) is 13.6 Å². The molecule has 1 fully saturated rings. The second-order valence-corrected chi connectivity index (χ2v) is 7.89. The Morgan fingerprint density at radius 2 is 2.03 bits per heavy atom. The summed E-state index contributed by atoms with van der Waals surface area (Å²) in [5, 5.41) is 9.71. The summed E-state index contributed by atoms with van der Waals surface area (Å²) in [7, 11) is 2.53. The first-order valence-electron chi connectivity index (χ1n) is 10.8. The predicted molar refractivity (Wildman–Crippen MR) is 129 cm³/mol. The third-order valence-corrected chi connectivity index (χ3v) is 5.62. The van der Waals surface area contributed by atoms with Crippen LogP contribution in [-0.4, -0.2) is 55.9 Å². The number of carbonyl (C=O) groups excluding carboxylic acids is 1. The molecule has 1 unspecified atom stereocenters. The summed E-state index contributed by atoms with van der Waals surface area (Å²) < 4.78 is 36.6. The van der Waals surface area contributed by atoms with Crippen LogP contribution in [0.25, 0.3) is 0 Å². The quantitative estimate of drug-likeness (QED) is 0.544. The molecule has 2 aromatic rings. The van der Waals surface area contributed by atoms with Crippen LogP contribution in [0.15, 0.2) is 36.4 Å². The minimum atomic E-state index is -2.62. The number of nitrogens with zero attached hydrogens (tertiary/aromatic N) is 1. The molecule has 1 saturated heterocycles. The van der Waals surface area contributed by atoms with Crippen LogP contribution in [0.4, 0.5) is 14.5 Å². The standard InChI is InChI=1S/C24H25ClF2N2O3.CH4O/c1-16-4-3-11-29(16)12-13-32-21-9-8-19(15-22(21)31-2)28-23(30)10-7-17-5-6-18(24(26)27)14-20(17)25;1-2/h5-6,8-9,14-16,24H,3-4,11-13H2,1-2H3,(H,28,30);2H,1H3. The van der Waals surface area contributed by atoms with Crippen molar-refractivity contribution in [1.29, 1.82) is 0 Å². The van der Waals surface area contributed by atoms with Gasteiger partial charge in [-0.25, -0.2) is 8.78 Å². The van der Waals surface area contributed by atoms with Gasteiger partial charge in [0.1, 0.15) is 6.61 Å². The summed E-state index contributed by atoms with van der Waals surface area (Å²) >= 11 is 5.96. The number of hydrogen-bond donors (Lipinski definition) is 2. The van der Waals surface area contributed by atoms with Gasteiger partial charge in [0.25, 0.3) is 6.43 Å². The number of ether oxygens (including phenoxy) is 2. The number of benzene rings is 2. The van der Waals surface area contributed by atoms with E-state index in [1.54, 1.807) is 18.2 Å². The second-order valence-electron chi connectivity index (χ2n) is 7.49. The van der Waals surface area contributed by atoms with Crippen LogP contribution in [0.2, 0.25) is 5.02 Å². The van der Waals surface area contributed by atoms with Crippen molar-refractivity contribution in [1.82, 2.24) is 4.90 Å². The zero-order valence-electron chi connectivity index (χ0n) is 19.4. The lowest BCUT2D eigenvalue weighted by atomic mass is 10.1. The van der Waals surface area contributed by atoms with Crippen molar-refractivity contribution < 1.29 is 28.2 Å². The summed E-state index contributed by atoms with van der Waals surface area (Å²) in [6, 6.07) is 9.39. The first-order chi connectivity index (χ1) is 16.4. The molecular formula is C25H29ClF2N2O4. The number of aliphatic hydroxyl groups excluding tert-OH is 1. The van der Waals surface area contributed by atoms with E-state index in [2.05, 4.69) is 29.0 Å². The minimum Gasteiger partial charge on any atom is -0.493 e. The number of halogens is 3. The maximum absolute atomic E-state index is 12.7. The van der Waals surface area contributed by atoms with Crippen molar-refractivity contribution >= 4 is 23.2 Å². The van der Waals surface area contributed by atoms with Crippen molar-refractivity contribution in [3.63, 3.8) is 0 Å². The van der Waals surface area contributed by atoms with E-state index in [0.29, 0.717) is 35.4 Å². The number of likely N-dealkylation sites (tertiary alicyclic amines) is 1. The van der Waals surface area contributed by atoms with Gasteiger partial charge in [-0.2, -0.15) is 0 Å². The summed E-state index contributed by atoms with van der Waals surface area (Å²) in [6.45, 7) is 4.71. The molecule has 1 heterocycles. The fourth-order valence-electron chi connectivity index (χ4n) is 3.52. The molecule has 34 heavy (non-hydrogen) atoms. The van der Waals surface area contributed by atoms with Crippen molar-refractivity contribution in [2.75, 3.05) is 39.2 Å². The van der Waals surface area contributed by atoms with E-state index >= 15 is 0 Å². The second kappa shape index (κ2) is 13.8. The summed E-state index contributed by atoms with van der Waals surface area (Å²) in [6.07, 6.45) is -0.188. The van der Waals surface area contributed by atoms with Gasteiger partial charge in [0.15, 0.2) is 11.5 Å². The molecule has 0 aliphatic carbocycles. The van der Waals surface area contributed by atoms with Crippen LogP contribution in [0.5, 0.6) is 11.5 Å². The van der Waals surface area contributed by atoms with Crippen LogP contribution >= 0.6 is 11.6 Å². The molecule has 0 radical (unpaired) electrons. The third kappa shape index (κ3) is 7.87. The highest BCUT2D eigenvalue weighted by Gasteiger charge is 2.19. The van der Waals surface area contributed by atoms with Gasteiger partial charge in [-0.3, -0.25) is 9.69 Å². The topological polar surface area (TPSA) is 71.0 Å². The smallest absolute Gasteiger partial charge is 0.300 e. The number of aliphatic hydroxyl groups is 1. The summed E-state index contributed by atoms with van der Waals surface area (Å²) in [4.78, 5) is 14.6. The van der Waals surface area contributed by atoms with Gasteiger partial charge in [0.05, 0.1) is 12.1 Å². The maximum atomic E-state index is 12.7. The van der Waals surface area contributed by atoms with Gasteiger partial charge in [0.2, 0.25) is 0 Å². The Morgan fingerprint density at radius 1 is 1.26 bits per heavy atom. The summed E-state index contributed by atoms with van der Waals surface area (Å²) in [5.41, 5.74) is 0.579. The van der Waals surface area contributed by atoms with Crippen LogP contribution in [0.1, 0.15) is 37.3 Å². The zero-order chi connectivity index (χ0) is 25.1. The van der Waals surface area contributed by atoms with Gasteiger partial charge in [-0.05, 0) is 50.6 Å². The van der Waals surface area contributed by atoms with Crippen molar-refractivity contribution in [3.8, 4) is 23.3 Å². The molecule has 184 valence electrons. The van der Waals surface area contributed by atoms with Crippen molar-refractivity contribution in [3.05, 3.63) is 52.5 Å². The number of rotatable bonds is 7. The number of anilines is 1. The lowest BCUT2D eigenvalue weighted by Gasteiger charge is -2.21. The maximum Gasteiger partial charge on any atom is 0.300 e. The van der Waals surface area contributed by atoms with Crippen LogP contribution in [0.3, 0.4) is 0 Å². The Hall–Kier alpha value is -2.86. The Morgan fingerprint density at radius 3 is 2.65 bits per heavy atom. The van der Waals surface area contributed by atoms with E-state index in [4.69, 9.17) is 26.2 Å². The highest BCUT2D eigenvalue weighted by atomic mass is 35.5. The Bertz CT molecular complexity index is 1020. The van der Waals surface area contributed by atoms with Gasteiger partial charge >= 0.3 is 5.91 Å². The largest absolute Gasteiger partial charge is 0.493 e. The average Bonchev–Trinajstić information content (AvgIpc) is 3.24. The van der Waals surface area contributed by atoms with E-state index in [-0.39, 0.29) is 10.6 Å². The molecule has 0 spiro atoms. The molecular weight excluding hydrogens is 466 g/mol. The van der Waals surface area contributed by atoms with Crippen molar-refractivity contribution in [2.45, 2.75) is 32.2 Å². The molecule has 2 aromatic carbocycles. The highest BCUT2D eigenvalue weighted by Crippen LogP contribution is 2.30. The lowest BCUT2D eigenvalue weighted by Crippen LogP contribution is -2.31. The number of amides is 1. The first kappa shape index (κ1) is 27.4. The molecule has 1 aliphatic heterocycles. The number of carbonyl (C=O) groups is 1. The monoisotopic (exact) mass is 494 g/mol. The van der Waals surface area contributed by atoms with Crippen LogP contribution < -0.4 is 14.8 Å². The molecule has 0 aromatic heterocycles. The highest BCUT2D eigenvalue weighted by molar-refractivity contribution is 6.31. The van der Waals surface area contributed by atoms with Gasteiger partial charge in [-0.1, -0.05) is 23.6 Å². The fraction of sp³-hybridized carbons (Fsp3) is 0.400. The number of alkyl halides is 2. The molecule has 9 heteroatoms. The molecule has 3 rings (SSSR count). The van der Waals surface area contributed by atoms with E-state index in [0.717, 1.165) is 26.3 Å².